The van der Waals surface area contributed by atoms with Gasteiger partial charge in [0.15, 0.2) is 6.10 Å². The molecule has 0 unspecified atom stereocenters. The van der Waals surface area contributed by atoms with Crippen LogP contribution in [-0.2, 0) is 28.6 Å². The maximum atomic E-state index is 12.8. The van der Waals surface area contributed by atoms with Crippen molar-refractivity contribution in [1.29, 1.82) is 0 Å². The van der Waals surface area contributed by atoms with Crippen molar-refractivity contribution in [1.82, 2.24) is 0 Å². The summed E-state index contributed by atoms with van der Waals surface area (Å²) < 4.78 is 16.7. The molecule has 0 aromatic carbocycles. The molecule has 6 heteroatoms. The second kappa shape index (κ2) is 52.2. The Bertz CT molecular complexity index is 1450. The summed E-state index contributed by atoms with van der Waals surface area (Å²) in [5.41, 5.74) is 0. The van der Waals surface area contributed by atoms with Crippen LogP contribution in [0.5, 0.6) is 0 Å². The third-order valence-electron chi connectivity index (χ3n) is 10.1. The zero-order valence-corrected chi connectivity index (χ0v) is 41.4. The molecule has 0 saturated heterocycles. The highest BCUT2D eigenvalue weighted by Gasteiger charge is 2.19. The Kier molecular flexibility index (Phi) is 48.6. The number of unbranched alkanes of at least 4 members (excludes halogenated alkanes) is 11. The molecule has 0 heterocycles. The third-order valence-corrected chi connectivity index (χ3v) is 10.1. The first-order chi connectivity index (χ1) is 32.0. The van der Waals surface area contributed by atoms with E-state index in [2.05, 4.69) is 154 Å². The molecule has 0 rings (SSSR count). The zero-order valence-electron chi connectivity index (χ0n) is 41.4. The summed E-state index contributed by atoms with van der Waals surface area (Å²) in [6.07, 6.45) is 73.0. The molecule has 0 aliphatic rings. The summed E-state index contributed by atoms with van der Waals surface area (Å²) in [4.78, 5) is 37.9. The normalized spacial score (nSPS) is 13.2. The minimum atomic E-state index is -0.841. The second-order valence-electron chi connectivity index (χ2n) is 16.3. The van der Waals surface area contributed by atoms with Crippen LogP contribution in [0.25, 0.3) is 0 Å². The van der Waals surface area contributed by atoms with Gasteiger partial charge in [-0.25, -0.2) is 0 Å². The number of carbonyl (C=O) groups excluding carboxylic acids is 3. The second-order valence-corrected chi connectivity index (χ2v) is 16.3. The molecule has 0 fully saturated rings. The van der Waals surface area contributed by atoms with Crippen LogP contribution in [0.3, 0.4) is 0 Å². The van der Waals surface area contributed by atoms with Crippen molar-refractivity contribution in [3.8, 4) is 0 Å². The van der Waals surface area contributed by atoms with Crippen molar-refractivity contribution in [2.24, 2.45) is 0 Å². The average molecular weight is 897 g/mol. The monoisotopic (exact) mass is 897 g/mol. The van der Waals surface area contributed by atoms with Crippen LogP contribution in [-0.4, -0.2) is 37.2 Å². The van der Waals surface area contributed by atoms with Crippen molar-refractivity contribution in [3.63, 3.8) is 0 Å². The van der Waals surface area contributed by atoms with Gasteiger partial charge in [0, 0.05) is 19.3 Å². The minimum absolute atomic E-state index is 0.137. The molecule has 0 aromatic rings. The predicted octanol–water partition coefficient (Wildman–Crippen LogP) is 17.1. The standard InChI is InChI=1S/C59H92O6/c1-4-7-10-13-16-19-22-25-28-29-32-34-37-40-43-46-49-52-58(61)64-55-56(65-59(62)53-50-47-44-41-38-35-31-27-24-21-18-15-12-9-6-3)54-63-57(60)51-48-45-42-39-36-33-30-26-23-20-17-14-11-8-5-2/h8-9,11-12,17-18,20-21,25-28,30-32,34,36,38-41,43,56H,4-7,10,13-16,19,22-24,29,33,35,37,42,44-55H2,1-3H3/b11-8-,12-9-,20-17-,21-18-,28-25-,30-26-,31-27-,34-32-,39-36-,41-38-,43-40-/t56-/m1/s1. The van der Waals surface area contributed by atoms with Crippen molar-refractivity contribution < 1.29 is 28.6 Å². The van der Waals surface area contributed by atoms with Gasteiger partial charge < -0.3 is 14.2 Å². The molecule has 0 amide bonds. The van der Waals surface area contributed by atoms with Gasteiger partial charge in [-0.1, -0.05) is 187 Å². The molecule has 0 bridgehead atoms. The lowest BCUT2D eigenvalue weighted by molar-refractivity contribution is -0.167. The number of rotatable bonds is 44. The van der Waals surface area contributed by atoms with Gasteiger partial charge in [-0.2, -0.15) is 0 Å². The zero-order chi connectivity index (χ0) is 47.2. The molecule has 0 aromatic heterocycles. The van der Waals surface area contributed by atoms with E-state index in [0.29, 0.717) is 19.3 Å². The highest BCUT2D eigenvalue weighted by atomic mass is 16.6. The van der Waals surface area contributed by atoms with Crippen LogP contribution in [0.15, 0.2) is 134 Å². The van der Waals surface area contributed by atoms with Crippen LogP contribution < -0.4 is 0 Å². The van der Waals surface area contributed by atoms with Gasteiger partial charge in [0.05, 0.1) is 0 Å². The van der Waals surface area contributed by atoms with Crippen LogP contribution in [0.4, 0.5) is 0 Å². The van der Waals surface area contributed by atoms with Crippen LogP contribution in [0.2, 0.25) is 0 Å². The first kappa shape index (κ1) is 60.5. The molecule has 65 heavy (non-hydrogen) atoms. The quantitative estimate of drug-likeness (QED) is 0.0262. The van der Waals surface area contributed by atoms with E-state index in [1.165, 1.54) is 44.9 Å². The van der Waals surface area contributed by atoms with Crippen molar-refractivity contribution in [2.75, 3.05) is 13.2 Å². The fourth-order valence-corrected chi connectivity index (χ4v) is 6.32. The summed E-state index contributed by atoms with van der Waals surface area (Å²) in [6.45, 7) is 6.26. The lowest BCUT2D eigenvalue weighted by Gasteiger charge is -2.18. The Morgan fingerprint density at radius 1 is 0.323 bits per heavy atom. The van der Waals surface area contributed by atoms with Crippen molar-refractivity contribution in [2.45, 2.75) is 207 Å². The maximum absolute atomic E-state index is 12.8. The van der Waals surface area contributed by atoms with Gasteiger partial charge in [-0.15, -0.1) is 0 Å². The van der Waals surface area contributed by atoms with E-state index >= 15 is 0 Å². The number of esters is 3. The molecule has 1 atom stereocenters. The predicted molar refractivity (Wildman–Crippen MR) is 279 cm³/mol. The molecular formula is C59H92O6. The fourth-order valence-electron chi connectivity index (χ4n) is 6.32. The Morgan fingerprint density at radius 3 is 1.00 bits per heavy atom. The van der Waals surface area contributed by atoms with Crippen molar-refractivity contribution in [3.05, 3.63) is 134 Å². The first-order valence-corrected chi connectivity index (χ1v) is 25.7. The van der Waals surface area contributed by atoms with E-state index < -0.39 is 6.10 Å². The van der Waals surface area contributed by atoms with E-state index in [1.54, 1.807) is 0 Å². The van der Waals surface area contributed by atoms with E-state index in [1.807, 2.05) is 0 Å². The fraction of sp³-hybridized carbons (Fsp3) is 0.576. The molecule has 0 saturated carbocycles. The molecule has 0 aliphatic heterocycles. The van der Waals surface area contributed by atoms with Crippen molar-refractivity contribution >= 4 is 17.9 Å². The average Bonchev–Trinajstić information content (AvgIpc) is 3.30. The molecule has 0 spiro atoms. The topological polar surface area (TPSA) is 78.9 Å². The van der Waals surface area contributed by atoms with E-state index in [0.717, 1.165) is 96.3 Å². The van der Waals surface area contributed by atoms with Gasteiger partial charge >= 0.3 is 17.9 Å². The number of ether oxygens (including phenoxy) is 3. The Hall–Kier alpha value is -4.45. The smallest absolute Gasteiger partial charge is 0.306 e. The van der Waals surface area contributed by atoms with Gasteiger partial charge in [0.1, 0.15) is 13.2 Å². The lowest BCUT2D eigenvalue weighted by atomic mass is 10.1. The molecule has 0 N–H and O–H groups in total. The summed E-state index contributed by atoms with van der Waals surface area (Å²) in [5, 5.41) is 0. The summed E-state index contributed by atoms with van der Waals surface area (Å²) in [5.74, 6) is -1.08. The number of hydrogen-bond acceptors (Lipinski definition) is 6. The summed E-state index contributed by atoms with van der Waals surface area (Å²) >= 11 is 0. The van der Waals surface area contributed by atoms with Gasteiger partial charge in [-0.3, -0.25) is 14.4 Å². The Labute approximate surface area is 398 Å². The van der Waals surface area contributed by atoms with Gasteiger partial charge in [0.25, 0.3) is 0 Å². The largest absolute Gasteiger partial charge is 0.462 e. The van der Waals surface area contributed by atoms with Gasteiger partial charge in [0.2, 0.25) is 0 Å². The van der Waals surface area contributed by atoms with Crippen LogP contribution in [0.1, 0.15) is 201 Å². The lowest BCUT2D eigenvalue weighted by Crippen LogP contribution is -2.30. The third kappa shape index (κ3) is 50.4. The van der Waals surface area contributed by atoms with E-state index in [-0.39, 0.29) is 50.4 Å². The highest BCUT2D eigenvalue weighted by Crippen LogP contribution is 2.10. The van der Waals surface area contributed by atoms with Crippen LogP contribution >= 0.6 is 0 Å². The number of allylic oxidation sites excluding steroid dienone is 22. The molecule has 6 nitrogen and oxygen atoms in total. The minimum Gasteiger partial charge on any atom is -0.462 e. The van der Waals surface area contributed by atoms with E-state index in [4.69, 9.17) is 14.2 Å². The molecule has 0 aliphatic carbocycles. The number of hydrogen-bond donors (Lipinski definition) is 0. The number of carbonyl (C=O) groups is 3. The van der Waals surface area contributed by atoms with Crippen LogP contribution in [0, 0.1) is 0 Å². The molecule has 0 radical (unpaired) electrons. The van der Waals surface area contributed by atoms with E-state index in [9.17, 15) is 14.4 Å². The molecule has 364 valence electrons. The maximum Gasteiger partial charge on any atom is 0.306 e. The SMILES string of the molecule is CC/C=C\C/C=C\C/C=C\C/C=C\CCCCC(=O)OC[C@H](COC(=O)CCC/C=C\C/C=C\C/C=C\CCCCCCCC)OC(=O)CCCC/C=C\C/C=C\C/C=C\C/C=C\CC. The first-order valence-electron chi connectivity index (χ1n) is 25.7. The molecular weight excluding hydrogens is 805 g/mol. The summed E-state index contributed by atoms with van der Waals surface area (Å²) in [6, 6.07) is 0. The Morgan fingerprint density at radius 2 is 0.615 bits per heavy atom. The highest BCUT2D eigenvalue weighted by molar-refractivity contribution is 5.71. The Balaban J connectivity index is 4.62. The van der Waals surface area contributed by atoms with Gasteiger partial charge in [-0.05, 0) is 128 Å². The summed E-state index contributed by atoms with van der Waals surface area (Å²) in [7, 11) is 0.